The van der Waals surface area contributed by atoms with E-state index in [1.807, 2.05) is 13.8 Å². The van der Waals surface area contributed by atoms with Gasteiger partial charge in [0.2, 0.25) is 10.0 Å². The standard InChI is InChI=1S/C12H17FN2O2S/c1-8-6-15(7-9(8)2)18(16,17)12-10(13)4-3-5-11(12)14/h3-5,8-9H,6-7,14H2,1-2H3. The van der Waals surface area contributed by atoms with Crippen LogP contribution in [-0.4, -0.2) is 25.8 Å². The number of anilines is 1. The summed E-state index contributed by atoms with van der Waals surface area (Å²) in [6.07, 6.45) is 0. The van der Waals surface area contributed by atoms with Crippen LogP contribution in [0.5, 0.6) is 0 Å². The van der Waals surface area contributed by atoms with Crippen LogP contribution < -0.4 is 5.73 Å². The molecule has 1 aromatic rings. The van der Waals surface area contributed by atoms with Gasteiger partial charge in [-0.25, -0.2) is 12.8 Å². The van der Waals surface area contributed by atoms with E-state index in [1.165, 1.54) is 16.4 Å². The molecule has 1 saturated heterocycles. The molecule has 0 bridgehead atoms. The first-order chi connectivity index (χ1) is 8.34. The fraction of sp³-hybridized carbons (Fsp3) is 0.500. The SMILES string of the molecule is CC1CN(S(=O)(=O)c2c(N)cccc2F)CC1C. The summed E-state index contributed by atoms with van der Waals surface area (Å²) in [5.74, 6) is -0.247. The Balaban J connectivity index is 2.44. The summed E-state index contributed by atoms with van der Waals surface area (Å²) in [5.41, 5.74) is 5.56. The van der Waals surface area contributed by atoms with Gasteiger partial charge in [0.25, 0.3) is 0 Å². The molecule has 18 heavy (non-hydrogen) atoms. The minimum absolute atomic E-state index is 0.0396. The van der Waals surface area contributed by atoms with Crippen molar-refractivity contribution in [2.75, 3.05) is 18.8 Å². The molecule has 0 aromatic heterocycles. The summed E-state index contributed by atoms with van der Waals surface area (Å²) in [6.45, 7) is 4.81. The molecule has 2 N–H and O–H groups in total. The zero-order chi connectivity index (χ0) is 13.5. The van der Waals surface area contributed by atoms with Crippen molar-refractivity contribution >= 4 is 15.7 Å². The molecule has 2 atom stereocenters. The number of nitrogen functional groups attached to an aromatic ring is 1. The van der Waals surface area contributed by atoms with E-state index < -0.39 is 20.7 Å². The zero-order valence-electron chi connectivity index (χ0n) is 10.4. The van der Waals surface area contributed by atoms with Crippen LogP contribution in [0.25, 0.3) is 0 Å². The van der Waals surface area contributed by atoms with Crippen LogP contribution in [0.15, 0.2) is 23.1 Å². The maximum Gasteiger partial charge on any atom is 0.248 e. The Bertz CT molecular complexity index is 529. The lowest BCUT2D eigenvalue weighted by molar-refractivity contribution is 0.457. The molecular weight excluding hydrogens is 255 g/mol. The molecule has 1 heterocycles. The van der Waals surface area contributed by atoms with Crippen molar-refractivity contribution in [3.8, 4) is 0 Å². The summed E-state index contributed by atoms with van der Waals surface area (Å²) in [5, 5.41) is 0. The maximum atomic E-state index is 13.7. The summed E-state index contributed by atoms with van der Waals surface area (Å²) < 4.78 is 39.8. The molecule has 100 valence electrons. The van der Waals surface area contributed by atoms with Crippen LogP contribution in [-0.2, 0) is 10.0 Å². The first-order valence-corrected chi connectivity index (χ1v) is 7.32. The average Bonchev–Trinajstić information content (AvgIpc) is 2.59. The Kier molecular flexibility index (Phi) is 3.33. The second kappa shape index (κ2) is 4.51. The third-order valence-electron chi connectivity index (χ3n) is 3.55. The molecule has 1 aliphatic rings. The Morgan fingerprint density at radius 2 is 1.83 bits per heavy atom. The van der Waals surface area contributed by atoms with Crippen LogP contribution in [0.4, 0.5) is 10.1 Å². The van der Waals surface area contributed by atoms with Crippen molar-refractivity contribution in [2.45, 2.75) is 18.7 Å². The largest absolute Gasteiger partial charge is 0.398 e. The highest BCUT2D eigenvalue weighted by molar-refractivity contribution is 7.89. The van der Waals surface area contributed by atoms with Crippen LogP contribution in [0, 0.1) is 17.7 Å². The maximum absolute atomic E-state index is 13.7. The van der Waals surface area contributed by atoms with Gasteiger partial charge >= 0.3 is 0 Å². The number of sulfonamides is 1. The van der Waals surface area contributed by atoms with Gasteiger partial charge in [-0.3, -0.25) is 0 Å². The van der Waals surface area contributed by atoms with E-state index in [4.69, 9.17) is 5.73 Å². The zero-order valence-corrected chi connectivity index (χ0v) is 11.2. The van der Waals surface area contributed by atoms with E-state index in [0.29, 0.717) is 13.1 Å². The highest BCUT2D eigenvalue weighted by Crippen LogP contribution is 2.31. The van der Waals surface area contributed by atoms with E-state index in [-0.39, 0.29) is 17.5 Å². The number of benzene rings is 1. The van der Waals surface area contributed by atoms with E-state index in [2.05, 4.69) is 0 Å². The fourth-order valence-electron chi connectivity index (χ4n) is 2.20. The van der Waals surface area contributed by atoms with Gasteiger partial charge in [0.05, 0.1) is 5.69 Å². The van der Waals surface area contributed by atoms with Crippen LogP contribution in [0.2, 0.25) is 0 Å². The van der Waals surface area contributed by atoms with Crippen molar-refractivity contribution in [3.05, 3.63) is 24.0 Å². The number of halogens is 1. The number of rotatable bonds is 2. The molecule has 0 saturated carbocycles. The second-order valence-corrected chi connectivity index (χ2v) is 6.81. The third-order valence-corrected chi connectivity index (χ3v) is 5.47. The number of hydrogen-bond donors (Lipinski definition) is 1. The van der Waals surface area contributed by atoms with Gasteiger partial charge in [0.1, 0.15) is 10.7 Å². The van der Waals surface area contributed by atoms with Gasteiger partial charge in [0, 0.05) is 13.1 Å². The highest BCUT2D eigenvalue weighted by Gasteiger charge is 2.37. The molecule has 0 radical (unpaired) electrons. The second-order valence-electron chi connectivity index (χ2n) is 4.93. The molecule has 1 aliphatic heterocycles. The Labute approximate surface area is 107 Å². The predicted molar refractivity (Wildman–Crippen MR) is 67.9 cm³/mol. The summed E-state index contributed by atoms with van der Waals surface area (Å²) in [4.78, 5) is -0.397. The number of nitrogens with two attached hydrogens (primary N) is 1. The highest BCUT2D eigenvalue weighted by atomic mass is 32.2. The normalized spacial score (nSPS) is 25.5. The van der Waals surface area contributed by atoms with Gasteiger partial charge in [0.15, 0.2) is 0 Å². The molecule has 6 heteroatoms. The molecule has 4 nitrogen and oxygen atoms in total. The third kappa shape index (κ3) is 2.10. The summed E-state index contributed by atoms with van der Waals surface area (Å²) >= 11 is 0. The average molecular weight is 272 g/mol. The topological polar surface area (TPSA) is 63.4 Å². The smallest absolute Gasteiger partial charge is 0.248 e. The van der Waals surface area contributed by atoms with E-state index in [0.717, 1.165) is 6.07 Å². The van der Waals surface area contributed by atoms with Crippen LogP contribution in [0.1, 0.15) is 13.8 Å². The van der Waals surface area contributed by atoms with Crippen LogP contribution in [0.3, 0.4) is 0 Å². The quantitative estimate of drug-likeness (QED) is 0.833. The summed E-state index contributed by atoms with van der Waals surface area (Å²) in [6, 6.07) is 3.92. The molecule has 0 aliphatic carbocycles. The van der Waals surface area contributed by atoms with Gasteiger partial charge in [-0.1, -0.05) is 19.9 Å². The monoisotopic (exact) mass is 272 g/mol. The first kappa shape index (κ1) is 13.3. The molecule has 1 fully saturated rings. The Morgan fingerprint density at radius 1 is 1.28 bits per heavy atom. The minimum atomic E-state index is -3.83. The lowest BCUT2D eigenvalue weighted by Gasteiger charge is -2.17. The lowest BCUT2D eigenvalue weighted by atomic mass is 10.0. The van der Waals surface area contributed by atoms with E-state index in [1.54, 1.807) is 0 Å². The predicted octanol–water partition coefficient (Wildman–Crippen LogP) is 1.68. The molecule has 0 spiro atoms. The lowest BCUT2D eigenvalue weighted by Crippen LogP contribution is -2.30. The molecular formula is C12H17FN2O2S. The Morgan fingerprint density at radius 3 is 2.33 bits per heavy atom. The van der Waals surface area contributed by atoms with Crippen LogP contribution >= 0.6 is 0 Å². The van der Waals surface area contributed by atoms with Crippen molar-refractivity contribution in [1.29, 1.82) is 0 Å². The van der Waals surface area contributed by atoms with E-state index in [9.17, 15) is 12.8 Å². The number of nitrogens with zero attached hydrogens (tertiary/aromatic N) is 1. The molecule has 2 unspecified atom stereocenters. The Hall–Kier alpha value is -1.14. The number of hydrogen-bond acceptors (Lipinski definition) is 3. The minimum Gasteiger partial charge on any atom is -0.398 e. The van der Waals surface area contributed by atoms with Gasteiger partial charge in [-0.15, -0.1) is 0 Å². The molecule has 1 aromatic carbocycles. The van der Waals surface area contributed by atoms with Gasteiger partial charge in [-0.05, 0) is 24.0 Å². The molecule has 0 amide bonds. The van der Waals surface area contributed by atoms with Gasteiger partial charge in [-0.2, -0.15) is 4.31 Å². The van der Waals surface area contributed by atoms with E-state index >= 15 is 0 Å². The van der Waals surface area contributed by atoms with Crippen molar-refractivity contribution in [1.82, 2.24) is 4.31 Å². The van der Waals surface area contributed by atoms with Gasteiger partial charge < -0.3 is 5.73 Å². The summed E-state index contributed by atoms with van der Waals surface area (Å²) in [7, 11) is -3.83. The van der Waals surface area contributed by atoms with Crippen molar-refractivity contribution < 1.29 is 12.8 Å². The molecule has 2 rings (SSSR count). The van der Waals surface area contributed by atoms with Crippen molar-refractivity contribution in [3.63, 3.8) is 0 Å². The first-order valence-electron chi connectivity index (χ1n) is 5.88. The fourth-order valence-corrected chi connectivity index (χ4v) is 4.00. The van der Waals surface area contributed by atoms with Crippen molar-refractivity contribution in [2.24, 2.45) is 11.8 Å².